The molecule has 202 valence electrons. The number of amides is 1. The fourth-order valence-electron chi connectivity index (χ4n) is 3.89. The predicted octanol–water partition coefficient (Wildman–Crippen LogP) is 4.10. The third-order valence-corrected chi connectivity index (χ3v) is 7.41. The number of carbonyl (C=O) groups excluding carboxylic acids is 1. The van der Waals surface area contributed by atoms with Gasteiger partial charge in [0.1, 0.15) is 10.6 Å². The maximum absolute atomic E-state index is 13.5. The maximum atomic E-state index is 13.5. The second kappa shape index (κ2) is 13.3. The molecule has 0 saturated carbocycles. The molecule has 40 heavy (non-hydrogen) atoms. The Morgan fingerprint density at radius 3 is 2.42 bits per heavy atom. The largest absolute Gasteiger partial charge is 1.00 e. The summed E-state index contributed by atoms with van der Waals surface area (Å²) in [7, 11) is -4.63. The van der Waals surface area contributed by atoms with E-state index in [1.54, 1.807) is 49.4 Å². The van der Waals surface area contributed by atoms with Crippen molar-refractivity contribution < 1.29 is 57.2 Å². The monoisotopic (exact) mass is 609 g/mol. The molecule has 0 aromatic heterocycles. The molecule has 0 fully saturated rings. The molecule has 0 aliphatic carbocycles. The van der Waals surface area contributed by atoms with Gasteiger partial charge in [-0.2, -0.15) is 18.6 Å². The normalized spacial score (nSPS) is 11.4. The summed E-state index contributed by atoms with van der Waals surface area (Å²) >= 11 is 12.3. The Morgan fingerprint density at radius 1 is 1.02 bits per heavy atom. The van der Waals surface area contributed by atoms with Crippen molar-refractivity contribution in [1.82, 2.24) is 0 Å². The molecule has 0 radical (unpaired) electrons. The van der Waals surface area contributed by atoms with Gasteiger partial charge in [0.2, 0.25) is 0 Å². The number of carbonyl (C=O) groups is 1. The van der Waals surface area contributed by atoms with Crippen LogP contribution >= 0.6 is 23.2 Å². The molecular formula is C27H22Cl2N3NaO6S. The molecule has 0 spiro atoms. The van der Waals surface area contributed by atoms with Crippen LogP contribution in [0.15, 0.2) is 75.8 Å². The number of fused-ring (bicyclic) bond motifs is 1. The molecular weight excluding hydrogens is 588 g/mol. The molecule has 4 aromatic rings. The van der Waals surface area contributed by atoms with Crippen LogP contribution in [0.4, 0.5) is 17.1 Å². The second-order valence-electron chi connectivity index (χ2n) is 8.29. The van der Waals surface area contributed by atoms with Crippen LogP contribution < -0.4 is 44.7 Å². The van der Waals surface area contributed by atoms with Gasteiger partial charge in [0.25, 0.3) is 16.0 Å². The van der Waals surface area contributed by atoms with E-state index < -0.39 is 26.7 Å². The molecule has 0 aliphatic rings. The average Bonchev–Trinajstić information content (AvgIpc) is 2.89. The zero-order chi connectivity index (χ0) is 28.3. The summed E-state index contributed by atoms with van der Waals surface area (Å²) in [6.45, 7) is 4.03. The number of anilines is 1. The summed E-state index contributed by atoms with van der Waals surface area (Å²) in [5, 5.41) is 25.5. The summed E-state index contributed by atoms with van der Waals surface area (Å²) in [5.41, 5.74) is 0.552. The van der Waals surface area contributed by atoms with E-state index in [9.17, 15) is 22.9 Å². The number of aryl methyl sites for hydroxylation is 1. The first-order chi connectivity index (χ1) is 18.5. The van der Waals surface area contributed by atoms with Gasteiger partial charge in [-0.1, -0.05) is 60.1 Å². The van der Waals surface area contributed by atoms with Crippen molar-refractivity contribution >= 4 is 67.1 Å². The summed E-state index contributed by atoms with van der Waals surface area (Å²) < 4.78 is 38.5. The quantitative estimate of drug-likeness (QED) is 0.175. The van der Waals surface area contributed by atoms with Crippen LogP contribution in [-0.4, -0.2) is 25.5 Å². The molecule has 1 amide bonds. The number of hydrogen-bond donors (Lipinski definition) is 2. The van der Waals surface area contributed by atoms with Crippen molar-refractivity contribution in [2.45, 2.75) is 25.2 Å². The molecule has 0 unspecified atom stereocenters. The molecule has 4 aromatic carbocycles. The summed E-state index contributed by atoms with van der Waals surface area (Å²) in [6.07, 6.45) is 0.412. The third kappa shape index (κ3) is 6.95. The van der Waals surface area contributed by atoms with Crippen LogP contribution in [0, 0.1) is 0 Å². The summed E-state index contributed by atoms with van der Waals surface area (Å²) in [5.74, 6) is -0.923. The number of benzene rings is 4. The SMILES string of the molecule is CCOc1ccc(Cl)c(NC(=O)c2cc3ccccc3c(N=Nc3cc(S(=O)(=O)O)c(Cl)cc3CC)c2[O-])c1.[Na+]. The van der Waals surface area contributed by atoms with E-state index in [0.29, 0.717) is 35.1 Å². The van der Waals surface area contributed by atoms with Crippen molar-refractivity contribution in [1.29, 1.82) is 0 Å². The van der Waals surface area contributed by atoms with Crippen molar-refractivity contribution in [2.75, 3.05) is 11.9 Å². The zero-order valence-electron chi connectivity index (χ0n) is 21.7. The van der Waals surface area contributed by atoms with Gasteiger partial charge in [0, 0.05) is 17.0 Å². The number of nitrogens with one attached hydrogen (secondary N) is 1. The van der Waals surface area contributed by atoms with Gasteiger partial charge in [-0.15, -0.1) is 0 Å². The van der Waals surface area contributed by atoms with Crippen molar-refractivity contribution in [3.05, 3.63) is 81.8 Å². The minimum absolute atomic E-state index is 0. The minimum Gasteiger partial charge on any atom is -0.870 e. The number of hydrogen-bond acceptors (Lipinski definition) is 7. The van der Waals surface area contributed by atoms with Crippen LogP contribution in [0.2, 0.25) is 10.0 Å². The van der Waals surface area contributed by atoms with Crippen molar-refractivity contribution in [3.63, 3.8) is 0 Å². The molecule has 2 N–H and O–H groups in total. The Kier molecular flexibility index (Phi) is 10.6. The molecule has 0 bridgehead atoms. The number of nitrogens with zero attached hydrogens (tertiary/aromatic N) is 2. The van der Waals surface area contributed by atoms with Gasteiger partial charge in [-0.3, -0.25) is 9.35 Å². The van der Waals surface area contributed by atoms with Crippen molar-refractivity contribution in [2.24, 2.45) is 10.2 Å². The molecule has 4 rings (SSSR count). The van der Waals surface area contributed by atoms with Crippen LogP contribution in [0.3, 0.4) is 0 Å². The van der Waals surface area contributed by atoms with E-state index in [4.69, 9.17) is 27.9 Å². The van der Waals surface area contributed by atoms with Crippen LogP contribution in [0.5, 0.6) is 11.5 Å². The number of rotatable bonds is 8. The molecule has 13 heteroatoms. The van der Waals surface area contributed by atoms with Gasteiger partial charge in [-0.25, -0.2) is 0 Å². The zero-order valence-corrected chi connectivity index (χ0v) is 26.1. The molecule has 0 atom stereocenters. The summed E-state index contributed by atoms with van der Waals surface area (Å²) in [4.78, 5) is 12.7. The van der Waals surface area contributed by atoms with Crippen LogP contribution in [0.25, 0.3) is 10.8 Å². The van der Waals surface area contributed by atoms with Crippen molar-refractivity contribution in [3.8, 4) is 11.5 Å². The standard InChI is InChI=1S/C27H23Cl2N3O6S.Na/c1-3-15-12-21(29)24(39(35,36)37)14-22(15)31-32-25-18-8-6-5-7-16(18)11-19(26(25)33)27(34)30-23-13-17(38-4-2)9-10-20(23)28;/h5-14,33H,3-4H2,1-2H3,(H,30,34)(H,35,36,37);/q;+1/p-1. The smallest absolute Gasteiger partial charge is 0.870 e. The maximum Gasteiger partial charge on any atom is 1.00 e. The Bertz CT molecular complexity index is 1730. The van der Waals surface area contributed by atoms with E-state index in [2.05, 4.69) is 15.5 Å². The minimum atomic E-state index is -4.63. The topological polar surface area (TPSA) is 140 Å². The molecule has 9 nitrogen and oxygen atoms in total. The number of azo groups is 1. The molecule has 0 aliphatic heterocycles. The van der Waals surface area contributed by atoms with E-state index in [0.717, 1.165) is 6.07 Å². The Hall–Kier alpha value is -2.70. The summed E-state index contributed by atoms with van der Waals surface area (Å²) in [6, 6.07) is 15.5. The average molecular weight is 610 g/mol. The third-order valence-electron chi connectivity index (χ3n) is 5.77. The number of ether oxygens (including phenoxy) is 1. The van der Waals surface area contributed by atoms with Gasteiger partial charge in [-0.05, 0) is 54.6 Å². The second-order valence-corrected chi connectivity index (χ2v) is 10.5. The molecule has 0 saturated heterocycles. The first-order valence-corrected chi connectivity index (χ1v) is 13.9. The fraction of sp³-hybridized carbons (Fsp3) is 0.148. The van der Waals surface area contributed by atoms with Gasteiger partial charge in [0.15, 0.2) is 0 Å². The van der Waals surface area contributed by atoms with E-state index in [1.807, 2.05) is 6.92 Å². The van der Waals surface area contributed by atoms with Gasteiger partial charge < -0.3 is 15.2 Å². The Balaban J connectivity index is 0.00000441. The molecule has 0 heterocycles. The van der Waals surface area contributed by atoms with E-state index in [1.165, 1.54) is 12.1 Å². The van der Waals surface area contributed by atoms with Gasteiger partial charge >= 0.3 is 29.6 Å². The van der Waals surface area contributed by atoms with Crippen LogP contribution in [0.1, 0.15) is 29.8 Å². The number of halogens is 2. The first kappa shape index (κ1) is 31.8. The Morgan fingerprint density at radius 2 is 1.75 bits per heavy atom. The van der Waals surface area contributed by atoms with E-state index in [-0.39, 0.29) is 62.2 Å². The Labute approximate surface area is 263 Å². The van der Waals surface area contributed by atoms with Gasteiger partial charge in [0.05, 0.1) is 33.7 Å². The first-order valence-electron chi connectivity index (χ1n) is 11.7. The fourth-order valence-corrected chi connectivity index (χ4v) is 5.09. The van der Waals surface area contributed by atoms with Crippen LogP contribution in [-0.2, 0) is 16.5 Å². The van der Waals surface area contributed by atoms with E-state index >= 15 is 0 Å². The predicted molar refractivity (Wildman–Crippen MR) is 149 cm³/mol.